The number of aliphatic carboxylic acids is 1. The molecule has 0 atom stereocenters. The van der Waals surface area contributed by atoms with Crippen molar-refractivity contribution in [2.24, 2.45) is 0 Å². The largest absolute Gasteiger partial charge is 0.481 e. The van der Waals surface area contributed by atoms with Crippen LogP contribution in [-0.2, 0) is 19.6 Å². The SMILES string of the molecule is O=C(O)CCN(C1CC1)S(=O)(=O)C1CCOCC1. The zero-order valence-electron chi connectivity index (χ0n) is 10.2. The fraction of sp³-hybridized carbons (Fsp3) is 0.909. The van der Waals surface area contributed by atoms with Gasteiger partial charge in [0.25, 0.3) is 0 Å². The Morgan fingerprint density at radius 3 is 2.33 bits per heavy atom. The molecule has 0 spiro atoms. The van der Waals surface area contributed by atoms with Gasteiger partial charge in [0.05, 0.1) is 11.7 Å². The van der Waals surface area contributed by atoms with Gasteiger partial charge in [-0.15, -0.1) is 0 Å². The van der Waals surface area contributed by atoms with Crippen LogP contribution in [0.4, 0.5) is 0 Å². The molecule has 0 unspecified atom stereocenters. The zero-order chi connectivity index (χ0) is 13.2. The number of rotatable bonds is 6. The number of carboxylic acid groups (broad SMARTS) is 1. The van der Waals surface area contributed by atoms with Gasteiger partial charge < -0.3 is 9.84 Å². The van der Waals surface area contributed by atoms with Crippen LogP contribution in [0.2, 0.25) is 0 Å². The van der Waals surface area contributed by atoms with E-state index in [0.717, 1.165) is 12.8 Å². The van der Waals surface area contributed by atoms with Gasteiger partial charge in [-0.2, -0.15) is 4.31 Å². The zero-order valence-corrected chi connectivity index (χ0v) is 11.1. The minimum absolute atomic E-state index is 0.0252. The molecule has 104 valence electrons. The van der Waals surface area contributed by atoms with Crippen LogP contribution in [0.15, 0.2) is 0 Å². The first-order chi connectivity index (χ1) is 8.51. The van der Waals surface area contributed by atoms with Gasteiger partial charge in [-0.1, -0.05) is 0 Å². The van der Waals surface area contributed by atoms with Crippen LogP contribution < -0.4 is 0 Å². The Labute approximate surface area is 107 Å². The van der Waals surface area contributed by atoms with Crippen molar-refractivity contribution in [3.8, 4) is 0 Å². The molecule has 0 bridgehead atoms. The molecule has 7 heteroatoms. The Hall–Kier alpha value is -0.660. The summed E-state index contributed by atoms with van der Waals surface area (Å²) in [7, 11) is -3.37. The first kappa shape index (κ1) is 13.8. The van der Waals surface area contributed by atoms with E-state index in [1.165, 1.54) is 4.31 Å². The second kappa shape index (κ2) is 5.54. The number of carboxylic acids is 1. The molecule has 0 aromatic carbocycles. The van der Waals surface area contributed by atoms with Crippen LogP contribution in [0.5, 0.6) is 0 Å². The smallest absolute Gasteiger partial charge is 0.304 e. The molecule has 1 saturated carbocycles. The number of sulfonamides is 1. The van der Waals surface area contributed by atoms with E-state index < -0.39 is 21.2 Å². The van der Waals surface area contributed by atoms with Crippen molar-refractivity contribution in [2.75, 3.05) is 19.8 Å². The van der Waals surface area contributed by atoms with E-state index in [1.54, 1.807) is 0 Å². The number of hydrogen-bond donors (Lipinski definition) is 1. The highest BCUT2D eigenvalue weighted by atomic mass is 32.2. The molecular weight excluding hydrogens is 258 g/mol. The van der Waals surface area contributed by atoms with Gasteiger partial charge in [-0.05, 0) is 25.7 Å². The van der Waals surface area contributed by atoms with Crippen LogP contribution >= 0.6 is 0 Å². The number of ether oxygens (including phenoxy) is 1. The summed E-state index contributed by atoms with van der Waals surface area (Å²) in [5, 5.41) is 8.30. The van der Waals surface area contributed by atoms with Gasteiger partial charge in [-0.25, -0.2) is 8.42 Å². The maximum Gasteiger partial charge on any atom is 0.304 e. The normalized spacial score (nSPS) is 22.3. The summed E-state index contributed by atoms with van der Waals surface area (Å²) in [6.07, 6.45) is 2.60. The third kappa shape index (κ3) is 3.21. The van der Waals surface area contributed by atoms with E-state index in [0.29, 0.717) is 26.1 Å². The van der Waals surface area contributed by atoms with E-state index in [-0.39, 0.29) is 19.0 Å². The predicted octanol–water partition coefficient (Wildman–Crippen LogP) is 0.434. The number of nitrogens with zero attached hydrogens (tertiary/aromatic N) is 1. The molecule has 2 fully saturated rings. The Morgan fingerprint density at radius 1 is 1.22 bits per heavy atom. The Bertz CT molecular complexity index is 398. The van der Waals surface area contributed by atoms with Gasteiger partial charge in [0.15, 0.2) is 0 Å². The number of carbonyl (C=O) groups is 1. The minimum Gasteiger partial charge on any atom is -0.481 e. The second-order valence-corrected chi connectivity index (χ2v) is 7.01. The highest BCUT2D eigenvalue weighted by molar-refractivity contribution is 7.89. The molecule has 1 heterocycles. The van der Waals surface area contributed by atoms with E-state index in [9.17, 15) is 13.2 Å². The summed E-state index contributed by atoms with van der Waals surface area (Å²) in [4.78, 5) is 10.6. The van der Waals surface area contributed by atoms with E-state index in [4.69, 9.17) is 9.84 Å². The summed E-state index contributed by atoms with van der Waals surface area (Å²) in [6, 6.07) is 0.0252. The van der Waals surface area contributed by atoms with Gasteiger partial charge in [0.2, 0.25) is 10.0 Å². The second-order valence-electron chi connectivity index (χ2n) is 4.84. The summed E-state index contributed by atoms with van der Waals surface area (Å²) in [6.45, 7) is 1.04. The van der Waals surface area contributed by atoms with Gasteiger partial charge in [-0.3, -0.25) is 4.79 Å². The summed E-state index contributed by atoms with van der Waals surface area (Å²) >= 11 is 0. The topological polar surface area (TPSA) is 83.9 Å². The fourth-order valence-electron chi connectivity index (χ4n) is 2.25. The lowest BCUT2D eigenvalue weighted by molar-refractivity contribution is -0.137. The third-order valence-electron chi connectivity index (χ3n) is 3.42. The third-order valence-corrected chi connectivity index (χ3v) is 5.86. The van der Waals surface area contributed by atoms with Crippen LogP contribution in [0.1, 0.15) is 32.1 Å². The molecule has 18 heavy (non-hydrogen) atoms. The van der Waals surface area contributed by atoms with Crippen molar-refractivity contribution >= 4 is 16.0 Å². The highest BCUT2D eigenvalue weighted by Crippen LogP contribution is 2.32. The maximum atomic E-state index is 12.5. The summed E-state index contributed by atoms with van der Waals surface area (Å²) < 4.78 is 31.5. The summed E-state index contributed by atoms with van der Waals surface area (Å²) in [5.41, 5.74) is 0. The van der Waals surface area contributed by atoms with Gasteiger partial charge >= 0.3 is 5.97 Å². The molecule has 0 aromatic rings. The first-order valence-electron chi connectivity index (χ1n) is 6.32. The number of hydrogen-bond acceptors (Lipinski definition) is 4. The van der Waals surface area contributed by atoms with E-state index in [1.807, 2.05) is 0 Å². The first-order valence-corrected chi connectivity index (χ1v) is 7.82. The molecule has 1 aliphatic carbocycles. The Kier molecular flexibility index (Phi) is 4.24. The Morgan fingerprint density at radius 2 is 1.83 bits per heavy atom. The highest BCUT2D eigenvalue weighted by Gasteiger charge is 2.41. The molecule has 6 nitrogen and oxygen atoms in total. The molecule has 0 amide bonds. The molecule has 1 saturated heterocycles. The molecule has 1 N–H and O–H groups in total. The molecule has 0 aromatic heterocycles. The van der Waals surface area contributed by atoms with Crippen LogP contribution in [-0.4, -0.2) is 54.8 Å². The monoisotopic (exact) mass is 277 g/mol. The molecular formula is C11H19NO5S. The van der Waals surface area contributed by atoms with Crippen LogP contribution in [0, 0.1) is 0 Å². The van der Waals surface area contributed by atoms with Crippen molar-refractivity contribution in [3.63, 3.8) is 0 Å². The average molecular weight is 277 g/mol. The van der Waals surface area contributed by atoms with Crippen LogP contribution in [0.3, 0.4) is 0 Å². The molecule has 2 aliphatic rings. The molecule has 0 radical (unpaired) electrons. The van der Waals surface area contributed by atoms with E-state index >= 15 is 0 Å². The van der Waals surface area contributed by atoms with Crippen LogP contribution in [0.25, 0.3) is 0 Å². The predicted molar refractivity (Wildman–Crippen MR) is 64.7 cm³/mol. The quantitative estimate of drug-likeness (QED) is 0.761. The molecule has 2 rings (SSSR count). The van der Waals surface area contributed by atoms with Crippen molar-refractivity contribution in [3.05, 3.63) is 0 Å². The van der Waals surface area contributed by atoms with Crippen molar-refractivity contribution in [1.82, 2.24) is 4.31 Å². The lowest BCUT2D eigenvalue weighted by atomic mass is 10.2. The summed E-state index contributed by atoms with van der Waals surface area (Å²) in [5.74, 6) is -0.956. The van der Waals surface area contributed by atoms with Crippen molar-refractivity contribution in [1.29, 1.82) is 0 Å². The average Bonchev–Trinajstić information content (AvgIpc) is 3.14. The Balaban J connectivity index is 2.05. The standard InChI is InChI=1S/C11H19NO5S/c13-11(14)3-6-12(9-1-2-9)18(15,16)10-4-7-17-8-5-10/h9-10H,1-8H2,(H,13,14). The minimum atomic E-state index is -3.37. The van der Waals surface area contributed by atoms with Gasteiger partial charge in [0.1, 0.15) is 0 Å². The maximum absolute atomic E-state index is 12.5. The van der Waals surface area contributed by atoms with Gasteiger partial charge in [0, 0.05) is 25.8 Å². The van der Waals surface area contributed by atoms with E-state index in [2.05, 4.69) is 0 Å². The van der Waals surface area contributed by atoms with Crippen molar-refractivity contribution < 1.29 is 23.1 Å². The lowest BCUT2D eigenvalue weighted by Gasteiger charge is -2.29. The lowest BCUT2D eigenvalue weighted by Crippen LogP contribution is -2.43. The fourth-order valence-corrected chi connectivity index (χ4v) is 4.39. The molecule has 1 aliphatic heterocycles. The van der Waals surface area contributed by atoms with Crippen molar-refractivity contribution in [2.45, 2.75) is 43.4 Å².